The third-order valence-corrected chi connectivity index (χ3v) is 3.51. The highest BCUT2D eigenvalue weighted by atomic mass is 16.1. The van der Waals surface area contributed by atoms with Crippen LogP contribution in [0.5, 0.6) is 0 Å². The molecule has 3 rings (SSSR count). The molecule has 0 saturated heterocycles. The second kappa shape index (κ2) is 4.73. The van der Waals surface area contributed by atoms with Gasteiger partial charge in [-0.2, -0.15) is 0 Å². The maximum atomic E-state index is 12.2. The summed E-state index contributed by atoms with van der Waals surface area (Å²) in [5.74, 6) is 0. The molecule has 1 unspecified atom stereocenters. The summed E-state index contributed by atoms with van der Waals surface area (Å²) in [6.45, 7) is 2.06. The Hall–Kier alpha value is -2.35. The zero-order valence-corrected chi connectivity index (χ0v) is 10.8. The molecule has 19 heavy (non-hydrogen) atoms. The lowest BCUT2D eigenvalue weighted by molar-refractivity contribution is 0.639. The van der Waals surface area contributed by atoms with E-state index in [0.717, 1.165) is 16.5 Å². The van der Waals surface area contributed by atoms with Crippen molar-refractivity contribution < 1.29 is 0 Å². The summed E-state index contributed by atoms with van der Waals surface area (Å²) in [7, 11) is 0. The topological polar surface area (TPSA) is 22.0 Å². The van der Waals surface area contributed by atoms with Gasteiger partial charge in [0.15, 0.2) is 0 Å². The van der Waals surface area contributed by atoms with Crippen molar-refractivity contribution in [2.24, 2.45) is 0 Å². The summed E-state index contributed by atoms with van der Waals surface area (Å²) in [6.07, 6.45) is 0. The van der Waals surface area contributed by atoms with Gasteiger partial charge >= 0.3 is 0 Å². The minimum Gasteiger partial charge on any atom is -0.301 e. The quantitative estimate of drug-likeness (QED) is 0.680. The summed E-state index contributed by atoms with van der Waals surface area (Å²) < 4.78 is 1.85. The molecule has 0 N–H and O–H groups in total. The number of aromatic nitrogens is 1. The normalized spacial score (nSPS) is 12.5. The average Bonchev–Trinajstić information content (AvgIpc) is 2.47. The summed E-state index contributed by atoms with van der Waals surface area (Å²) in [5, 5.41) is 1.09. The smallest absolute Gasteiger partial charge is 0.251 e. The Morgan fingerprint density at radius 1 is 0.842 bits per heavy atom. The lowest BCUT2D eigenvalue weighted by Crippen LogP contribution is -2.23. The molecule has 0 spiro atoms. The molecule has 1 heterocycles. The lowest BCUT2D eigenvalue weighted by Gasteiger charge is -2.18. The van der Waals surface area contributed by atoms with E-state index >= 15 is 0 Å². The highest BCUT2D eigenvalue weighted by Gasteiger charge is 2.11. The second-order valence-electron chi connectivity index (χ2n) is 4.69. The fourth-order valence-corrected chi connectivity index (χ4v) is 2.49. The zero-order valence-electron chi connectivity index (χ0n) is 10.8. The van der Waals surface area contributed by atoms with E-state index in [9.17, 15) is 4.79 Å². The molecule has 0 aliphatic heterocycles. The third-order valence-electron chi connectivity index (χ3n) is 3.51. The predicted molar refractivity (Wildman–Crippen MR) is 78.5 cm³/mol. The van der Waals surface area contributed by atoms with Crippen molar-refractivity contribution in [3.63, 3.8) is 0 Å². The van der Waals surface area contributed by atoms with Crippen LogP contribution in [0.2, 0.25) is 0 Å². The van der Waals surface area contributed by atoms with E-state index in [1.807, 2.05) is 53.1 Å². The van der Waals surface area contributed by atoms with Gasteiger partial charge < -0.3 is 4.57 Å². The van der Waals surface area contributed by atoms with Crippen LogP contribution in [0, 0.1) is 0 Å². The molecule has 2 nitrogen and oxygen atoms in total. The van der Waals surface area contributed by atoms with Crippen LogP contribution < -0.4 is 5.56 Å². The van der Waals surface area contributed by atoms with Crippen molar-refractivity contribution in [1.82, 2.24) is 4.57 Å². The van der Waals surface area contributed by atoms with Gasteiger partial charge in [0.1, 0.15) is 0 Å². The molecule has 94 valence electrons. The number of hydrogen-bond donors (Lipinski definition) is 0. The molecule has 2 aromatic carbocycles. The van der Waals surface area contributed by atoms with Gasteiger partial charge in [0.25, 0.3) is 5.56 Å². The van der Waals surface area contributed by atoms with Crippen molar-refractivity contribution in [3.05, 3.63) is 82.6 Å². The van der Waals surface area contributed by atoms with Crippen LogP contribution in [0.4, 0.5) is 0 Å². The summed E-state index contributed by atoms with van der Waals surface area (Å²) in [6, 6.07) is 21.6. The van der Waals surface area contributed by atoms with E-state index < -0.39 is 0 Å². The number of hydrogen-bond acceptors (Lipinski definition) is 1. The summed E-state index contributed by atoms with van der Waals surface area (Å²) >= 11 is 0. The van der Waals surface area contributed by atoms with Crippen LogP contribution in [0.3, 0.4) is 0 Å². The molecule has 3 aromatic rings. The Bertz CT molecular complexity index is 759. The van der Waals surface area contributed by atoms with E-state index in [1.165, 1.54) is 0 Å². The molecule has 1 aromatic heterocycles. The van der Waals surface area contributed by atoms with Gasteiger partial charge in [-0.3, -0.25) is 4.79 Å². The van der Waals surface area contributed by atoms with Gasteiger partial charge in [-0.25, -0.2) is 0 Å². The van der Waals surface area contributed by atoms with Crippen LogP contribution in [0.25, 0.3) is 10.9 Å². The van der Waals surface area contributed by atoms with Gasteiger partial charge in [-0.1, -0.05) is 48.5 Å². The standard InChI is InChI=1S/C17H15NO/c1-13(14-7-3-2-4-8-14)18-16-10-6-5-9-15(16)11-12-17(18)19/h2-13H,1H3. The molecule has 0 bridgehead atoms. The second-order valence-corrected chi connectivity index (χ2v) is 4.69. The highest BCUT2D eigenvalue weighted by molar-refractivity contribution is 5.79. The van der Waals surface area contributed by atoms with Crippen LogP contribution >= 0.6 is 0 Å². The molecule has 0 radical (unpaired) electrons. The van der Waals surface area contributed by atoms with E-state index in [-0.39, 0.29) is 11.6 Å². The Balaban J connectivity index is 2.25. The third kappa shape index (κ3) is 2.06. The average molecular weight is 249 g/mol. The zero-order chi connectivity index (χ0) is 13.2. The monoisotopic (exact) mass is 249 g/mol. The number of rotatable bonds is 2. The van der Waals surface area contributed by atoms with E-state index in [1.54, 1.807) is 6.07 Å². The fraction of sp³-hybridized carbons (Fsp3) is 0.118. The van der Waals surface area contributed by atoms with Gasteiger partial charge in [0.05, 0.1) is 11.6 Å². The highest BCUT2D eigenvalue weighted by Crippen LogP contribution is 2.20. The van der Waals surface area contributed by atoms with Gasteiger partial charge in [0.2, 0.25) is 0 Å². The molecular weight excluding hydrogens is 234 g/mol. The Labute approximate surface area is 111 Å². The first-order valence-corrected chi connectivity index (χ1v) is 6.42. The minimum atomic E-state index is 0.0276. The minimum absolute atomic E-state index is 0.0276. The van der Waals surface area contributed by atoms with E-state index in [4.69, 9.17) is 0 Å². The van der Waals surface area contributed by atoms with Crippen molar-refractivity contribution in [2.45, 2.75) is 13.0 Å². The van der Waals surface area contributed by atoms with Gasteiger partial charge in [-0.15, -0.1) is 0 Å². The molecule has 0 amide bonds. The predicted octanol–water partition coefficient (Wildman–Crippen LogP) is 3.61. The molecule has 0 saturated carbocycles. The van der Waals surface area contributed by atoms with Crippen LogP contribution in [-0.4, -0.2) is 4.57 Å². The molecule has 0 fully saturated rings. The van der Waals surface area contributed by atoms with Crippen LogP contribution in [0.1, 0.15) is 18.5 Å². The Morgan fingerprint density at radius 3 is 2.32 bits per heavy atom. The number of pyridine rings is 1. The summed E-state index contributed by atoms with van der Waals surface area (Å²) in [4.78, 5) is 12.2. The number of fused-ring (bicyclic) bond motifs is 1. The van der Waals surface area contributed by atoms with Crippen LogP contribution in [-0.2, 0) is 0 Å². The molecule has 0 aliphatic carbocycles. The Kier molecular flexibility index (Phi) is 2.92. The van der Waals surface area contributed by atoms with Gasteiger partial charge in [0, 0.05) is 6.07 Å². The van der Waals surface area contributed by atoms with Crippen molar-refractivity contribution in [2.75, 3.05) is 0 Å². The van der Waals surface area contributed by atoms with Crippen molar-refractivity contribution in [1.29, 1.82) is 0 Å². The maximum Gasteiger partial charge on any atom is 0.251 e. The lowest BCUT2D eigenvalue weighted by atomic mass is 10.1. The largest absolute Gasteiger partial charge is 0.301 e. The molecule has 1 atom stereocenters. The summed E-state index contributed by atoms with van der Waals surface area (Å²) in [5.41, 5.74) is 2.15. The van der Waals surface area contributed by atoms with Gasteiger partial charge in [-0.05, 0) is 30.0 Å². The molecule has 2 heteroatoms. The SMILES string of the molecule is CC(c1ccccc1)n1c(=O)ccc2ccccc21. The van der Waals surface area contributed by atoms with E-state index in [2.05, 4.69) is 19.1 Å². The first kappa shape index (κ1) is 11.7. The first-order valence-electron chi connectivity index (χ1n) is 6.42. The maximum absolute atomic E-state index is 12.2. The first-order chi connectivity index (χ1) is 9.27. The number of nitrogens with zero attached hydrogens (tertiary/aromatic N) is 1. The molecular formula is C17H15NO. The molecule has 0 aliphatic rings. The number of benzene rings is 2. The number of para-hydroxylation sites is 1. The van der Waals surface area contributed by atoms with E-state index in [0.29, 0.717) is 0 Å². The fourth-order valence-electron chi connectivity index (χ4n) is 2.49. The Morgan fingerprint density at radius 2 is 1.53 bits per heavy atom. The van der Waals surface area contributed by atoms with Crippen molar-refractivity contribution >= 4 is 10.9 Å². The van der Waals surface area contributed by atoms with Crippen molar-refractivity contribution in [3.8, 4) is 0 Å². The van der Waals surface area contributed by atoms with Crippen LogP contribution in [0.15, 0.2) is 71.5 Å².